The molecule has 1 saturated heterocycles. The molecule has 1 aliphatic heterocycles. The first-order valence-electron chi connectivity index (χ1n) is 6.19. The Morgan fingerprint density at radius 2 is 2.47 bits per heavy atom. The van der Waals surface area contributed by atoms with E-state index < -0.39 is 0 Å². The van der Waals surface area contributed by atoms with Gasteiger partial charge in [0.1, 0.15) is 0 Å². The molecule has 1 amide bonds. The van der Waals surface area contributed by atoms with Crippen LogP contribution >= 0.6 is 11.3 Å². The molecule has 0 aliphatic carbocycles. The lowest BCUT2D eigenvalue weighted by molar-refractivity contribution is -0.132. The Hall–Kier alpha value is -0.870. The van der Waals surface area contributed by atoms with Gasteiger partial charge in [-0.2, -0.15) is 11.3 Å². The van der Waals surface area contributed by atoms with Crippen molar-refractivity contribution in [3.8, 4) is 0 Å². The zero-order chi connectivity index (χ0) is 12.3. The van der Waals surface area contributed by atoms with Crippen molar-refractivity contribution >= 4 is 17.2 Å². The highest BCUT2D eigenvalue weighted by atomic mass is 32.1. The minimum Gasteiger partial charge on any atom is -0.342 e. The number of hydrogen-bond donors (Lipinski definition) is 1. The second-order valence-corrected chi connectivity index (χ2v) is 5.69. The van der Waals surface area contributed by atoms with Crippen molar-refractivity contribution in [1.82, 2.24) is 4.90 Å². The van der Waals surface area contributed by atoms with Crippen molar-refractivity contribution in [2.75, 3.05) is 19.6 Å². The molecule has 1 fully saturated rings. The Labute approximate surface area is 107 Å². The SMILES string of the molecule is CC1CCN(C(=O)Cc2ccsc2)CC1CN. The smallest absolute Gasteiger partial charge is 0.227 e. The molecule has 4 heteroatoms. The number of rotatable bonds is 3. The lowest BCUT2D eigenvalue weighted by Crippen LogP contribution is -2.45. The normalized spacial score (nSPS) is 24.9. The fourth-order valence-electron chi connectivity index (χ4n) is 2.36. The lowest BCUT2D eigenvalue weighted by Gasteiger charge is -2.36. The summed E-state index contributed by atoms with van der Waals surface area (Å²) in [5, 5.41) is 4.06. The average Bonchev–Trinajstić information content (AvgIpc) is 2.82. The molecule has 2 heterocycles. The number of carbonyl (C=O) groups is 1. The standard InChI is InChI=1S/C13H20N2OS/c1-10-2-4-15(8-12(10)7-14)13(16)6-11-3-5-17-9-11/h3,5,9-10,12H,2,4,6-8,14H2,1H3. The van der Waals surface area contributed by atoms with Gasteiger partial charge in [0.05, 0.1) is 6.42 Å². The third-order valence-electron chi connectivity index (χ3n) is 3.70. The molecular formula is C13H20N2OS. The van der Waals surface area contributed by atoms with Crippen LogP contribution in [-0.4, -0.2) is 30.4 Å². The number of hydrogen-bond acceptors (Lipinski definition) is 3. The summed E-state index contributed by atoms with van der Waals surface area (Å²) in [6.07, 6.45) is 1.62. The van der Waals surface area contributed by atoms with E-state index in [0.717, 1.165) is 25.1 Å². The molecule has 2 atom stereocenters. The van der Waals surface area contributed by atoms with E-state index in [2.05, 4.69) is 6.92 Å². The van der Waals surface area contributed by atoms with Gasteiger partial charge in [-0.15, -0.1) is 0 Å². The van der Waals surface area contributed by atoms with Gasteiger partial charge >= 0.3 is 0 Å². The Morgan fingerprint density at radius 3 is 3.12 bits per heavy atom. The number of likely N-dealkylation sites (tertiary alicyclic amines) is 1. The highest BCUT2D eigenvalue weighted by Gasteiger charge is 2.27. The van der Waals surface area contributed by atoms with E-state index in [9.17, 15) is 4.79 Å². The number of nitrogens with zero attached hydrogens (tertiary/aromatic N) is 1. The summed E-state index contributed by atoms with van der Waals surface area (Å²) in [5.74, 6) is 1.36. The third kappa shape index (κ3) is 3.07. The van der Waals surface area contributed by atoms with Crippen molar-refractivity contribution < 1.29 is 4.79 Å². The fraction of sp³-hybridized carbons (Fsp3) is 0.615. The van der Waals surface area contributed by atoms with E-state index in [1.165, 1.54) is 0 Å². The molecule has 1 aromatic rings. The van der Waals surface area contributed by atoms with Crippen molar-refractivity contribution in [3.05, 3.63) is 22.4 Å². The van der Waals surface area contributed by atoms with Crippen molar-refractivity contribution in [2.24, 2.45) is 17.6 Å². The van der Waals surface area contributed by atoms with Crippen LogP contribution in [0.25, 0.3) is 0 Å². The number of nitrogens with two attached hydrogens (primary N) is 1. The number of piperidine rings is 1. The van der Waals surface area contributed by atoms with Crippen LogP contribution < -0.4 is 5.73 Å². The Kier molecular flexibility index (Phi) is 4.18. The topological polar surface area (TPSA) is 46.3 Å². The molecule has 1 aliphatic rings. The van der Waals surface area contributed by atoms with E-state index >= 15 is 0 Å². The van der Waals surface area contributed by atoms with Crippen LogP contribution in [0.4, 0.5) is 0 Å². The van der Waals surface area contributed by atoms with Crippen LogP contribution in [0.5, 0.6) is 0 Å². The molecule has 0 radical (unpaired) electrons. The van der Waals surface area contributed by atoms with E-state index in [1.807, 2.05) is 21.7 Å². The monoisotopic (exact) mass is 252 g/mol. The summed E-state index contributed by atoms with van der Waals surface area (Å²) in [6.45, 7) is 4.64. The van der Waals surface area contributed by atoms with Crippen molar-refractivity contribution in [3.63, 3.8) is 0 Å². The molecule has 17 heavy (non-hydrogen) atoms. The second kappa shape index (κ2) is 5.65. The van der Waals surface area contributed by atoms with E-state index in [-0.39, 0.29) is 5.91 Å². The average molecular weight is 252 g/mol. The molecule has 0 spiro atoms. The van der Waals surface area contributed by atoms with Gasteiger partial charge in [-0.3, -0.25) is 4.79 Å². The molecular weight excluding hydrogens is 232 g/mol. The van der Waals surface area contributed by atoms with Crippen LogP contribution in [-0.2, 0) is 11.2 Å². The van der Waals surface area contributed by atoms with Gasteiger partial charge in [0.25, 0.3) is 0 Å². The zero-order valence-electron chi connectivity index (χ0n) is 10.3. The van der Waals surface area contributed by atoms with Crippen LogP contribution in [0, 0.1) is 11.8 Å². The van der Waals surface area contributed by atoms with Gasteiger partial charge in [-0.25, -0.2) is 0 Å². The van der Waals surface area contributed by atoms with Crippen LogP contribution in [0.1, 0.15) is 18.9 Å². The number of amides is 1. The predicted octanol–water partition coefficient (Wildman–Crippen LogP) is 1.73. The molecule has 94 valence electrons. The molecule has 1 aromatic heterocycles. The molecule has 2 unspecified atom stereocenters. The minimum atomic E-state index is 0.244. The van der Waals surface area contributed by atoms with Crippen molar-refractivity contribution in [2.45, 2.75) is 19.8 Å². The van der Waals surface area contributed by atoms with Gasteiger partial charge < -0.3 is 10.6 Å². The third-order valence-corrected chi connectivity index (χ3v) is 4.44. The Balaban J connectivity index is 1.91. The fourth-order valence-corrected chi connectivity index (χ4v) is 3.03. The summed E-state index contributed by atoms with van der Waals surface area (Å²) in [6, 6.07) is 2.02. The van der Waals surface area contributed by atoms with E-state index in [4.69, 9.17) is 5.73 Å². The predicted molar refractivity (Wildman–Crippen MR) is 70.9 cm³/mol. The van der Waals surface area contributed by atoms with E-state index in [0.29, 0.717) is 24.8 Å². The van der Waals surface area contributed by atoms with E-state index in [1.54, 1.807) is 11.3 Å². The maximum Gasteiger partial charge on any atom is 0.227 e. The number of thiophene rings is 1. The van der Waals surface area contributed by atoms with Gasteiger partial charge in [0.15, 0.2) is 0 Å². The molecule has 0 saturated carbocycles. The second-order valence-electron chi connectivity index (χ2n) is 4.91. The first-order valence-corrected chi connectivity index (χ1v) is 7.14. The molecule has 2 rings (SSSR count). The van der Waals surface area contributed by atoms with Crippen LogP contribution in [0.2, 0.25) is 0 Å². The largest absolute Gasteiger partial charge is 0.342 e. The number of carbonyl (C=O) groups excluding carboxylic acids is 1. The Morgan fingerprint density at radius 1 is 1.65 bits per heavy atom. The molecule has 3 nitrogen and oxygen atoms in total. The quantitative estimate of drug-likeness (QED) is 0.890. The summed E-state index contributed by atoms with van der Waals surface area (Å²) in [5.41, 5.74) is 6.88. The van der Waals surface area contributed by atoms with Crippen LogP contribution in [0.15, 0.2) is 16.8 Å². The first kappa shape index (κ1) is 12.6. The maximum absolute atomic E-state index is 12.1. The van der Waals surface area contributed by atoms with Crippen molar-refractivity contribution in [1.29, 1.82) is 0 Å². The summed E-state index contributed by atoms with van der Waals surface area (Å²) < 4.78 is 0. The Bertz CT molecular complexity index is 364. The molecule has 0 bridgehead atoms. The highest BCUT2D eigenvalue weighted by molar-refractivity contribution is 7.07. The molecule has 0 aromatic carbocycles. The summed E-state index contributed by atoms with van der Waals surface area (Å²) in [7, 11) is 0. The first-order chi connectivity index (χ1) is 8.20. The lowest BCUT2D eigenvalue weighted by atomic mass is 9.87. The zero-order valence-corrected chi connectivity index (χ0v) is 11.1. The highest BCUT2D eigenvalue weighted by Crippen LogP contribution is 2.22. The molecule has 2 N–H and O–H groups in total. The van der Waals surface area contributed by atoms with Gasteiger partial charge in [-0.05, 0) is 47.2 Å². The minimum absolute atomic E-state index is 0.244. The summed E-state index contributed by atoms with van der Waals surface area (Å²) in [4.78, 5) is 14.1. The van der Waals surface area contributed by atoms with Gasteiger partial charge in [-0.1, -0.05) is 6.92 Å². The van der Waals surface area contributed by atoms with Crippen LogP contribution in [0.3, 0.4) is 0 Å². The van der Waals surface area contributed by atoms with Gasteiger partial charge in [0, 0.05) is 13.1 Å². The summed E-state index contributed by atoms with van der Waals surface area (Å²) >= 11 is 1.64. The maximum atomic E-state index is 12.1. The van der Waals surface area contributed by atoms with Gasteiger partial charge in [0.2, 0.25) is 5.91 Å².